The molecule has 3 nitrogen and oxygen atoms in total. The monoisotopic (exact) mass is 519 g/mol. The smallest absolute Gasteiger partial charge is 0.335 e. The lowest BCUT2D eigenvalue weighted by Crippen LogP contribution is -2.40. The summed E-state index contributed by atoms with van der Waals surface area (Å²) in [5.74, 6) is -1.33. The quantitative estimate of drug-likeness (QED) is 0.350. The molecule has 0 radical (unpaired) electrons. The van der Waals surface area contributed by atoms with Crippen molar-refractivity contribution in [2.24, 2.45) is 0 Å². The van der Waals surface area contributed by atoms with Crippen LogP contribution in [0.3, 0.4) is 0 Å². The SMILES string of the molecule is O=C(O)c1ccc2c(c1)CCCC(c1ccc(F)cc1Cl)=C2c1ccc(C=C2CN(CCCF)C2)cc1. The number of carboxylic acid groups (broad SMARTS) is 1. The molecule has 1 fully saturated rings. The van der Waals surface area contributed by atoms with Gasteiger partial charge in [0, 0.05) is 19.6 Å². The first-order valence-corrected chi connectivity index (χ1v) is 12.9. The summed E-state index contributed by atoms with van der Waals surface area (Å²) in [7, 11) is 0. The van der Waals surface area contributed by atoms with Gasteiger partial charge in [-0.2, -0.15) is 0 Å². The van der Waals surface area contributed by atoms with Crippen molar-refractivity contribution in [3.05, 3.63) is 110 Å². The Kier molecular flexibility index (Phi) is 7.54. The van der Waals surface area contributed by atoms with E-state index in [0.717, 1.165) is 77.9 Å². The van der Waals surface area contributed by atoms with Gasteiger partial charge in [-0.05, 0) is 94.5 Å². The van der Waals surface area contributed by atoms with Gasteiger partial charge in [0.2, 0.25) is 0 Å². The molecule has 0 saturated carbocycles. The molecule has 1 aliphatic carbocycles. The highest BCUT2D eigenvalue weighted by Crippen LogP contribution is 2.42. The summed E-state index contributed by atoms with van der Waals surface area (Å²) in [6.45, 7) is 2.26. The highest BCUT2D eigenvalue weighted by molar-refractivity contribution is 6.32. The number of rotatable bonds is 7. The summed E-state index contributed by atoms with van der Waals surface area (Å²) in [5.41, 5.74) is 8.47. The molecular formula is C31H28ClF2NO2. The zero-order chi connectivity index (χ0) is 25.9. The Hall–Kier alpha value is -3.28. The zero-order valence-electron chi connectivity index (χ0n) is 20.4. The maximum Gasteiger partial charge on any atom is 0.335 e. The molecule has 37 heavy (non-hydrogen) atoms. The summed E-state index contributed by atoms with van der Waals surface area (Å²) in [6, 6.07) is 18.1. The minimum Gasteiger partial charge on any atom is -0.478 e. The predicted octanol–water partition coefficient (Wildman–Crippen LogP) is 7.53. The van der Waals surface area contributed by atoms with Gasteiger partial charge in [0.15, 0.2) is 0 Å². The van der Waals surface area contributed by atoms with Crippen LogP contribution < -0.4 is 0 Å². The van der Waals surface area contributed by atoms with Crippen molar-refractivity contribution >= 4 is 34.8 Å². The van der Waals surface area contributed by atoms with Crippen LogP contribution in [-0.2, 0) is 6.42 Å². The fourth-order valence-corrected chi connectivity index (χ4v) is 5.58. The van der Waals surface area contributed by atoms with Crippen molar-refractivity contribution in [2.45, 2.75) is 25.7 Å². The maximum absolute atomic E-state index is 13.9. The average Bonchev–Trinajstić information content (AvgIpc) is 3.04. The lowest BCUT2D eigenvalue weighted by molar-refractivity contribution is 0.0696. The maximum atomic E-state index is 13.9. The molecule has 0 amide bonds. The topological polar surface area (TPSA) is 40.5 Å². The summed E-state index contributed by atoms with van der Waals surface area (Å²) in [6.07, 6.45) is 5.06. The van der Waals surface area contributed by atoms with E-state index in [1.165, 1.54) is 17.7 Å². The number of nitrogens with zero attached hydrogens (tertiary/aromatic N) is 1. The number of halogens is 3. The highest BCUT2D eigenvalue weighted by atomic mass is 35.5. The summed E-state index contributed by atoms with van der Waals surface area (Å²) in [5, 5.41) is 9.89. The number of likely N-dealkylation sites (tertiary alicyclic amines) is 1. The molecule has 1 N–H and O–H groups in total. The largest absolute Gasteiger partial charge is 0.478 e. The third-order valence-corrected chi connectivity index (χ3v) is 7.40. The van der Waals surface area contributed by atoms with Gasteiger partial charge in [-0.1, -0.05) is 54.1 Å². The van der Waals surface area contributed by atoms with Crippen LogP contribution in [0.15, 0.2) is 66.2 Å². The minimum atomic E-state index is -0.948. The second-order valence-corrected chi connectivity index (χ2v) is 10.1. The Morgan fingerprint density at radius 1 is 1.00 bits per heavy atom. The second kappa shape index (κ2) is 11.0. The first-order valence-electron chi connectivity index (χ1n) is 12.6. The van der Waals surface area contributed by atoms with Gasteiger partial charge < -0.3 is 5.11 Å². The average molecular weight is 520 g/mol. The van der Waals surface area contributed by atoms with E-state index in [1.807, 2.05) is 6.07 Å². The van der Waals surface area contributed by atoms with E-state index in [-0.39, 0.29) is 18.1 Å². The van der Waals surface area contributed by atoms with E-state index in [1.54, 1.807) is 18.2 Å². The number of carboxylic acids is 1. The van der Waals surface area contributed by atoms with Crippen LogP contribution in [-0.4, -0.2) is 42.3 Å². The normalized spacial score (nSPS) is 15.7. The van der Waals surface area contributed by atoms with Crippen molar-refractivity contribution in [3.63, 3.8) is 0 Å². The van der Waals surface area contributed by atoms with E-state index in [0.29, 0.717) is 11.4 Å². The summed E-state index contributed by atoms with van der Waals surface area (Å²) < 4.78 is 26.3. The van der Waals surface area contributed by atoms with Gasteiger partial charge >= 0.3 is 5.97 Å². The molecule has 3 aromatic carbocycles. The Labute approximate surface area is 220 Å². The fraction of sp³-hybridized carbons (Fsp3) is 0.258. The molecule has 190 valence electrons. The molecule has 0 atom stereocenters. The molecule has 0 spiro atoms. The summed E-state index contributed by atoms with van der Waals surface area (Å²) >= 11 is 6.53. The van der Waals surface area contributed by atoms with Gasteiger partial charge in [-0.25, -0.2) is 9.18 Å². The zero-order valence-corrected chi connectivity index (χ0v) is 21.2. The molecule has 0 aromatic heterocycles. The third kappa shape index (κ3) is 5.53. The van der Waals surface area contributed by atoms with Crippen molar-refractivity contribution < 1.29 is 18.7 Å². The van der Waals surface area contributed by atoms with Crippen LogP contribution in [0.4, 0.5) is 8.78 Å². The third-order valence-electron chi connectivity index (χ3n) is 7.08. The lowest BCUT2D eigenvalue weighted by atomic mass is 9.87. The van der Waals surface area contributed by atoms with Gasteiger partial charge in [0.25, 0.3) is 0 Å². The Balaban J connectivity index is 1.55. The Morgan fingerprint density at radius 3 is 2.46 bits per heavy atom. The van der Waals surface area contributed by atoms with Gasteiger partial charge in [-0.15, -0.1) is 0 Å². The van der Waals surface area contributed by atoms with Crippen LogP contribution >= 0.6 is 11.6 Å². The Bertz CT molecular complexity index is 1390. The molecular weight excluding hydrogens is 492 g/mol. The predicted molar refractivity (Wildman–Crippen MR) is 145 cm³/mol. The first-order chi connectivity index (χ1) is 17.9. The van der Waals surface area contributed by atoms with Crippen molar-refractivity contribution in [1.29, 1.82) is 0 Å². The van der Waals surface area contributed by atoms with Crippen molar-refractivity contribution in [1.82, 2.24) is 4.90 Å². The molecule has 0 unspecified atom stereocenters. The molecule has 5 rings (SSSR count). The number of hydrogen-bond donors (Lipinski definition) is 1. The standard InChI is InChI=1S/C31H28ClF2NO2/c32-29-17-25(34)10-12-27(29)28-4-1-3-23-16-24(31(36)37)9-11-26(23)30(28)22-7-5-20(6-8-22)15-21-18-35(19-21)14-2-13-33/h5-12,15-17H,1-4,13-14,18-19H2,(H,36,37). The molecule has 1 heterocycles. The van der Waals surface area contributed by atoms with Crippen LogP contribution in [0.5, 0.6) is 0 Å². The number of aromatic carboxylic acids is 1. The first kappa shape index (κ1) is 25.4. The van der Waals surface area contributed by atoms with E-state index in [4.69, 9.17) is 11.6 Å². The number of carbonyl (C=O) groups is 1. The molecule has 3 aromatic rings. The van der Waals surface area contributed by atoms with Crippen molar-refractivity contribution in [3.8, 4) is 0 Å². The summed E-state index contributed by atoms with van der Waals surface area (Å²) in [4.78, 5) is 13.9. The van der Waals surface area contributed by atoms with Crippen LogP contribution in [0.25, 0.3) is 17.2 Å². The fourth-order valence-electron chi connectivity index (χ4n) is 5.30. The molecule has 0 bridgehead atoms. The van der Waals surface area contributed by atoms with Crippen LogP contribution in [0, 0.1) is 5.82 Å². The Morgan fingerprint density at radius 2 is 1.76 bits per heavy atom. The minimum absolute atomic E-state index is 0.268. The van der Waals surface area contributed by atoms with Gasteiger partial charge in [0.1, 0.15) is 5.82 Å². The number of alkyl halides is 1. The van der Waals surface area contributed by atoms with E-state index < -0.39 is 5.97 Å². The second-order valence-electron chi connectivity index (χ2n) is 9.69. The van der Waals surface area contributed by atoms with Crippen molar-refractivity contribution in [2.75, 3.05) is 26.3 Å². The van der Waals surface area contributed by atoms with Gasteiger partial charge in [0.05, 0.1) is 17.3 Å². The number of aryl methyl sites for hydroxylation is 1. The number of benzene rings is 3. The van der Waals surface area contributed by atoms with E-state index >= 15 is 0 Å². The lowest BCUT2D eigenvalue weighted by Gasteiger charge is -2.33. The number of allylic oxidation sites excluding steroid dienone is 1. The van der Waals surface area contributed by atoms with Gasteiger partial charge in [-0.3, -0.25) is 9.29 Å². The molecule has 2 aliphatic rings. The van der Waals surface area contributed by atoms with E-state index in [2.05, 4.69) is 35.2 Å². The van der Waals surface area contributed by atoms with E-state index in [9.17, 15) is 18.7 Å². The molecule has 6 heteroatoms. The van der Waals surface area contributed by atoms with Crippen LogP contribution in [0.2, 0.25) is 5.02 Å². The molecule has 1 saturated heterocycles. The highest BCUT2D eigenvalue weighted by Gasteiger charge is 2.23. The van der Waals surface area contributed by atoms with Crippen LogP contribution in [0.1, 0.15) is 57.4 Å². The molecule has 1 aliphatic heterocycles. The number of hydrogen-bond acceptors (Lipinski definition) is 2. The number of fused-ring (bicyclic) bond motifs is 1.